The molecule has 3 rings (SSSR count). The molecule has 0 saturated heterocycles. The number of pyridine rings is 1. The van der Waals surface area contributed by atoms with Crippen molar-refractivity contribution in [1.82, 2.24) is 10.3 Å². The van der Waals surface area contributed by atoms with Crippen LogP contribution in [0.2, 0.25) is 0 Å². The van der Waals surface area contributed by atoms with Crippen LogP contribution in [0.1, 0.15) is 17.2 Å². The van der Waals surface area contributed by atoms with Gasteiger partial charge in [0.2, 0.25) is 0 Å². The standard InChI is InChI=1S/C17H15FN2/c1-19-17(13-5-2-6-14(18)10-13)15-7-3-4-12-8-9-20-11-16(12)15/h2-11,17,19H,1H3. The van der Waals surface area contributed by atoms with E-state index in [4.69, 9.17) is 0 Å². The van der Waals surface area contributed by atoms with Crippen molar-refractivity contribution in [2.45, 2.75) is 6.04 Å². The monoisotopic (exact) mass is 266 g/mol. The Labute approximate surface area is 117 Å². The molecule has 100 valence electrons. The summed E-state index contributed by atoms with van der Waals surface area (Å²) in [4.78, 5) is 4.20. The maximum atomic E-state index is 13.5. The van der Waals surface area contributed by atoms with Crippen LogP contribution < -0.4 is 5.32 Å². The Morgan fingerprint density at radius 2 is 1.95 bits per heavy atom. The van der Waals surface area contributed by atoms with E-state index in [0.29, 0.717) is 0 Å². The van der Waals surface area contributed by atoms with Crippen molar-refractivity contribution >= 4 is 10.8 Å². The Balaban J connectivity index is 2.17. The first-order valence-corrected chi connectivity index (χ1v) is 6.55. The average Bonchev–Trinajstić information content (AvgIpc) is 2.48. The Morgan fingerprint density at radius 3 is 2.75 bits per heavy atom. The van der Waals surface area contributed by atoms with Crippen LogP contribution in [0, 0.1) is 5.82 Å². The Hall–Kier alpha value is -2.26. The normalized spacial score (nSPS) is 12.5. The van der Waals surface area contributed by atoms with Crippen molar-refractivity contribution in [3.05, 3.63) is 77.9 Å². The van der Waals surface area contributed by atoms with E-state index in [9.17, 15) is 4.39 Å². The molecule has 1 unspecified atom stereocenters. The SMILES string of the molecule is CNC(c1cccc(F)c1)c1cccc2ccncc12. The highest BCUT2D eigenvalue weighted by Crippen LogP contribution is 2.28. The minimum absolute atomic E-state index is 0.0569. The lowest BCUT2D eigenvalue weighted by Gasteiger charge is -2.19. The molecule has 2 nitrogen and oxygen atoms in total. The van der Waals surface area contributed by atoms with Crippen molar-refractivity contribution in [3.63, 3.8) is 0 Å². The lowest BCUT2D eigenvalue weighted by Crippen LogP contribution is -2.18. The lowest BCUT2D eigenvalue weighted by molar-refractivity contribution is 0.617. The van der Waals surface area contributed by atoms with Crippen LogP contribution in [0.25, 0.3) is 10.8 Å². The molecule has 0 amide bonds. The summed E-state index contributed by atoms with van der Waals surface area (Å²) in [5.74, 6) is -0.221. The van der Waals surface area contributed by atoms with E-state index >= 15 is 0 Å². The van der Waals surface area contributed by atoms with E-state index in [-0.39, 0.29) is 11.9 Å². The Morgan fingerprint density at radius 1 is 1.10 bits per heavy atom. The number of aromatic nitrogens is 1. The fraction of sp³-hybridized carbons (Fsp3) is 0.118. The number of halogens is 1. The Bertz CT molecular complexity index is 734. The largest absolute Gasteiger partial charge is 0.309 e. The summed E-state index contributed by atoms with van der Waals surface area (Å²) >= 11 is 0. The lowest BCUT2D eigenvalue weighted by atomic mass is 9.95. The van der Waals surface area contributed by atoms with Crippen molar-refractivity contribution < 1.29 is 4.39 Å². The first-order valence-electron chi connectivity index (χ1n) is 6.55. The predicted molar refractivity (Wildman–Crippen MR) is 79.0 cm³/mol. The van der Waals surface area contributed by atoms with E-state index in [1.807, 2.05) is 31.4 Å². The fourth-order valence-electron chi connectivity index (χ4n) is 2.58. The number of fused-ring (bicyclic) bond motifs is 1. The minimum Gasteiger partial charge on any atom is -0.309 e. The second-order valence-electron chi connectivity index (χ2n) is 4.72. The second-order valence-corrected chi connectivity index (χ2v) is 4.72. The first-order chi connectivity index (χ1) is 9.79. The van der Waals surface area contributed by atoms with Crippen LogP contribution in [0.15, 0.2) is 60.9 Å². The molecular weight excluding hydrogens is 251 g/mol. The van der Waals surface area contributed by atoms with Gasteiger partial charge in [-0.15, -0.1) is 0 Å². The third-order valence-corrected chi connectivity index (χ3v) is 3.50. The Kier molecular flexibility index (Phi) is 3.44. The molecule has 0 saturated carbocycles. The molecule has 0 aliphatic heterocycles. The van der Waals surface area contributed by atoms with E-state index < -0.39 is 0 Å². The van der Waals surface area contributed by atoms with Gasteiger partial charge in [0.25, 0.3) is 0 Å². The molecule has 0 aliphatic rings. The molecule has 1 atom stereocenters. The van der Waals surface area contributed by atoms with Gasteiger partial charge in [-0.3, -0.25) is 4.98 Å². The van der Waals surface area contributed by atoms with E-state index in [1.54, 1.807) is 18.3 Å². The zero-order chi connectivity index (χ0) is 13.9. The molecule has 1 N–H and O–H groups in total. The van der Waals surface area contributed by atoms with Gasteiger partial charge in [0, 0.05) is 17.8 Å². The minimum atomic E-state index is -0.221. The molecule has 3 aromatic rings. The number of nitrogens with zero attached hydrogens (tertiary/aromatic N) is 1. The van der Waals surface area contributed by atoms with Crippen LogP contribution in [0.4, 0.5) is 4.39 Å². The van der Waals surface area contributed by atoms with Crippen LogP contribution in [0.3, 0.4) is 0 Å². The van der Waals surface area contributed by atoms with Gasteiger partial charge in [-0.05, 0) is 41.8 Å². The zero-order valence-electron chi connectivity index (χ0n) is 11.2. The molecule has 1 heterocycles. The summed E-state index contributed by atoms with van der Waals surface area (Å²) in [6, 6.07) is 14.7. The molecule has 1 aromatic heterocycles. The van der Waals surface area contributed by atoms with Crippen LogP contribution in [-0.2, 0) is 0 Å². The molecule has 0 radical (unpaired) electrons. The molecule has 0 fully saturated rings. The molecule has 20 heavy (non-hydrogen) atoms. The summed E-state index contributed by atoms with van der Waals surface area (Å²) in [6.07, 6.45) is 3.64. The molecule has 0 bridgehead atoms. The van der Waals surface area contributed by atoms with Gasteiger partial charge < -0.3 is 5.32 Å². The quantitative estimate of drug-likeness (QED) is 0.782. The third kappa shape index (κ3) is 2.28. The zero-order valence-corrected chi connectivity index (χ0v) is 11.2. The van der Waals surface area contributed by atoms with E-state index in [2.05, 4.69) is 22.4 Å². The van der Waals surface area contributed by atoms with Gasteiger partial charge in [-0.1, -0.05) is 30.3 Å². The molecule has 0 aliphatic carbocycles. The molecular formula is C17H15FN2. The number of rotatable bonds is 3. The highest BCUT2D eigenvalue weighted by molar-refractivity contribution is 5.85. The van der Waals surface area contributed by atoms with Gasteiger partial charge >= 0.3 is 0 Å². The highest BCUT2D eigenvalue weighted by Gasteiger charge is 2.15. The highest BCUT2D eigenvalue weighted by atomic mass is 19.1. The van der Waals surface area contributed by atoms with Crippen molar-refractivity contribution in [1.29, 1.82) is 0 Å². The summed E-state index contributed by atoms with van der Waals surface area (Å²) in [5, 5.41) is 5.48. The van der Waals surface area contributed by atoms with Crippen molar-refractivity contribution in [2.24, 2.45) is 0 Å². The number of hydrogen-bond acceptors (Lipinski definition) is 2. The summed E-state index contributed by atoms with van der Waals surface area (Å²) in [7, 11) is 1.88. The summed E-state index contributed by atoms with van der Waals surface area (Å²) in [5.41, 5.74) is 2.01. The molecule has 0 spiro atoms. The predicted octanol–water partition coefficient (Wildman–Crippen LogP) is 3.68. The number of hydrogen-bond donors (Lipinski definition) is 1. The van der Waals surface area contributed by atoms with E-state index in [1.165, 1.54) is 6.07 Å². The number of nitrogens with one attached hydrogen (secondary N) is 1. The second kappa shape index (κ2) is 5.39. The van der Waals surface area contributed by atoms with Crippen molar-refractivity contribution in [2.75, 3.05) is 7.05 Å². The van der Waals surface area contributed by atoms with E-state index in [0.717, 1.165) is 21.9 Å². The third-order valence-electron chi connectivity index (χ3n) is 3.50. The smallest absolute Gasteiger partial charge is 0.123 e. The van der Waals surface area contributed by atoms with Crippen LogP contribution >= 0.6 is 0 Å². The summed E-state index contributed by atoms with van der Waals surface area (Å²) < 4.78 is 13.5. The van der Waals surface area contributed by atoms with Gasteiger partial charge in [0.1, 0.15) is 5.82 Å². The van der Waals surface area contributed by atoms with Crippen molar-refractivity contribution in [3.8, 4) is 0 Å². The average molecular weight is 266 g/mol. The van der Waals surface area contributed by atoms with Gasteiger partial charge in [-0.25, -0.2) is 4.39 Å². The van der Waals surface area contributed by atoms with Crippen LogP contribution in [0.5, 0.6) is 0 Å². The van der Waals surface area contributed by atoms with Gasteiger partial charge in [0.05, 0.1) is 6.04 Å². The maximum absolute atomic E-state index is 13.5. The molecule has 2 aromatic carbocycles. The maximum Gasteiger partial charge on any atom is 0.123 e. The molecule has 3 heteroatoms. The van der Waals surface area contributed by atoms with Crippen LogP contribution in [-0.4, -0.2) is 12.0 Å². The number of benzene rings is 2. The van der Waals surface area contributed by atoms with Gasteiger partial charge in [0.15, 0.2) is 0 Å². The topological polar surface area (TPSA) is 24.9 Å². The van der Waals surface area contributed by atoms with Gasteiger partial charge in [-0.2, -0.15) is 0 Å². The first kappa shape index (κ1) is 12.8. The summed E-state index contributed by atoms with van der Waals surface area (Å²) in [6.45, 7) is 0. The fourth-order valence-corrected chi connectivity index (χ4v) is 2.58.